The number of anilines is 1. The molecule has 0 aliphatic carbocycles. The highest BCUT2D eigenvalue weighted by atomic mass is 32.2. The molecule has 0 spiro atoms. The number of nitro benzene ring substituents is 1. The summed E-state index contributed by atoms with van der Waals surface area (Å²) in [4.78, 5) is 9.13. The molecule has 0 unspecified atom stereocenters. The number of benzene rings is 1. The predicted molar refractivity (Wildman–Crippen MR) is 75.5 cm³/mol. The molecule has 0 saturated carbocycles. The Hall–Kier alpha value is -1.78. The maximum absolute atomic E-state index is 14.0. The molecule has 1 aromatic rings. The molecule has 1 rings (SSSR count). The third-order valence-electron chi connectivity index (χ3n) is 2.69. The molecule has 0 heterocycles. The maximum atomic E-state index is 14.0. The van der Waals surface area contributed by atoms with Crippen LogP contribution in [0.1, 0.15) is 13.8 Å². The van der Waals surface area contributed by atoms with Crippen LogP contribution in [0.2, 0.25) is 0 Å². The van der Waals surface area contributed by atoms with Crippen molar-refractivity contribution in [2.45, 2.75) is 18.7 Å². The quantitative estimate of drug-likeness (QED) is 0.463. The number of nitrogens with zero attached hydrogens (tertiary/aromatic N) is 2. The molecule has 21 heavy (non-hydrogen) atoms. The molecule has 0 atom stereocenters. The Labute approximate surface area is 121 Å². The monoisotopic (exact) mass is 320 g/mol. The molecule has 0 radical (unpaired) electrons. The van der Waals surface area contributed by atoms with Crippen LogP contribution in [0.4, 0.5) is 15.8 Å². The highest BCUT2D eigenvalue weighted by Gasteiger charge is 2.30. The van der Waals surface area contributed by atoms with E-state index < -0.39 is 31.3 Å². The normalized spacial score (nSPS) is 12.0. The first-order valence-electron chi connectivity index (χ1n) is 6.02. The first-order valence-corrected chi connectivity index (χ1v) is 7.46. The van der Waals surface area contributed by atoms with Crippen LogP contribution in [0, 0.1) is 21.8 Å². The number of hydrazine groups is 1. The minimum atomic E-state index is -4.16. The van der Waals surface area contributed by atoms with Gasteiger partial charge in [-0.05, 0) is 5.92 Å². The largest absolute Gasteiger partial charge is 0.323 e. The Kier molecular flexibility index (Phi) is 5.20. The first kappa shape index (κ1) is 17.3. The number of nitrogen functional groups attached to an aromatic ring is 1. The number of nitro groups is 1. The summed E-state index contributed by atoms with van der Waals surface area (Å²) in [5.74, 6) is 3.96. The Morgan fingerprint density at radius 3 is 2.48 bits per heavy atom. The maximum Gasteiger partial charge on any atom is 0.274 e. The number of halogens is 1. The Balaban J connectivity index is 3.45. The van der Waals surface area contributed by atoms with Gasteiger partial charge in [0.2, 0.25) is 10.0 Å². The number of non-ortho nitro benzene ring substituents is 1. The van der Waals surface area contributed by atoms with E-state index in [0.717, 1.165) is 10.4 Å². The third kappa shape index (κ3) is 3.65. The lowest BCUT2D eigenvalue weighted by Gasteiger charge is -2.21. The van der Waals surface area contributed by atoms with Crippen molar-refractivity contribution in [1.29, 1.82) is 0 Å². The lowest BCUT2D eigenvalue weighted by molar-refractivity contribution is -0.385. The molecule has 0 fully saturated rings. The van der Waals surface area contributed by atoms with E-state index in [4.69, 9.17) is 5.84 Å². The summed E-state index contributed by atoms with van der Waals surface area (Å²) in [6.45, 7) is 3.78. The average Bonchev–Trinajstić information content (AvgIpc) is 2.36. The van der Waals surface area contributed by atoms with E-state index in [-0.39, 0.29) is 18.2 Å². The van der Waals surface area contributed by atoms with Gasteiger partial charge in [0, 0.05) is 19.7 Å². The van der Waals surface area contributed by atoms with Crippen molar-refractivity contribution in [2.75, 3.05) is 19.0 Å². The number of hydrogen-bond donors (Lipinski definition) is 2. The van der Waals surface area contributed by atoms with E-state index in [1.165, 1.54) is 7.05 Å². The van der Waals surface area contributed by atoms with Crippen LogP contribution >= 0.6 is 0 Å². The van der Waals surface area contributed by atoms with Gasteiger partial charge < -0.3 is 5.43 Å². The number of rotatable bonds is 6. The highest BCUT2D eigenvalue weighted by Crippen LogP contribution is 2.31. The predicted octanol–water partition coefficient (Wildman–Crippen LogP) is 1.30. The first-order chi connectivity index (χ1) is 9.61. The summed E-state index contributed by atoms with van der Waals surface area (Å²) in [6, 6.07) is 1.43. The molecule has 0 bridgehead atoms. The lowest BCUT2D eigenvalue weighted by Crippen LogP contribution is -2.32. The molecule has 0 aliphatic heterocycles. The van der Waals surface area contributed by atoms with Crippen molar-refractivity contribution >= 4 is 21.4 Å². The smallest absolute Gasteiger partial charge is 0.274 e. The van der Waals surface area contributed by atoms with E-state index in [2.05, 4.69) is 0 Å². The van der Waals surface area contributed by atoms with Crippen LogP contribution in [0.15, 0.2) is 17.0 Å². The van der Waals surface area contributed by atoms with Crippen LogP contribution < -0.4 is 11.3 Å². The fourth-order valence-electron chi connectivity index (χ4n) is 1.82. The van der Waals surface area contributed by atoms with Crippen LogP contribution in [0.3, 0.4) is 0 Å². The van der Waals surface area contributed by atoms with E-state index in [1.807, 2.05) is 5.43 Å². The highest BCUT2D eigenvalue weighted by molar-refractivity contribution is 7.89. The minimum Gasteiger partial charge on any atom is -0.323 e. The number of hydrogen-bond acceptors (Lipinski definition) is 6. The second kappa shape index (κ2) is 6.33. The summed E-state index contributed by atoms with van der Waals surface area (Å²) < 4.78 is 39.8. The van der Waals surface area contributed by atoms with Crippen LogP contribution in [0.25, 0.3) is 0 Å². The molecule has 0 saturated heterocycles. The minimum absolute atomic E-state index is 0.0279. The van der Waals surface area contributed by atoms with Gasteiger partial charge in [0.05, 0.1) is 16.7 Å². The zero-order chi connectivity index (χ0) is 16.4. The molecular formula is C11H17FN4O4S. The molecule has 1 aromatic carbocycles. The van der Waals surface area contributed by atoms with Gasteiger partial charge in [-0.25, -0.2) is 17.1 Å². The average molecular weight is 320 g/mol. The van der Waals surface area contributed by atoms with E-state index >= 15 is 0 Å². The second-order valence-electron chi connectivity index (χ2n) is 4.89. The van der Waals surface area contributed by atoms with Gasteiger partial charge in [0.15, 0.2) is 5.82 Å². The van der Waals surface area contributed by atoms with E-state index in [1.54, 1.807) is 13.8 Å². The molecule has 118 valence electrons. The summed E-state index contributed by atoms with van der Waals surface area (Å²) >= 11 is 0. The van der Waals surface area contributed by atoms with Crippen molar-refractivity contribution in [2.24, 2.45) is 11.8 Å². The summed E-state index contributed by atoms with van der Waals surface area (Å²) in [7, 11) is -2.85. The second-order valence-corrected chi connectivity index (χ2v) is 6.87. The topological polar surface area (TPSA) is 119 Å². The van der Waals surface area contributed by atoms with Gasteiger partial charge >= 0.3 is 0 Å². The zero-order valence-corrected chi connectivity index (χ0v) is 12.6. The molecule has 3 N–H and O–H groups in total. The number of sulfonamides is 1. The molecule has 8 nitrogen and oxygen atoms in total. The summed E-state index contributed by atoms with van der Waals surface area (Å²) in [5.41, 5.74) is 1.04. The molecule has 0 aliphatic rings. The Morgan fingerprint density at radius 2 is 2.05 bits per heavy atom. The molecule has 10 heteroatoms. The van der Waals surface area contributed by atoms with Gasteiger partial charge in [-0.1, -0.05) is 13.8 Å². The van der Waals surface area contributed by atoms with Crippen molar-refractivity contribution in [3.8, 4) is 0 Å². The SMILES string of the molecule is CC(C)CN(C)S(=O)(=O)c1c(F)cc([N+](=O)[O-])cc1NN. The van der Waals surface area contributed by atoms with Gasteiger partial charge in [-0.2, -0.15) is 0 Å². The van der Waals surface area contributed by atoms with Crippen LogP contribution in [-0.2, 0) is 10.0 Å². The standard InChI is InChI=1S/C11H17FN4O4S/c1-7(2)6-15(3)21(19,20)11-9(12)4-8(16(17)18)5-10(11)14-13/h4-5,7,14H,6,13H2,1-3H3. The Bertz CT molecular complexity index is 648. The van der Waals surface area contributed by atoms with Crippen molar-refractivity contribution in [1.82, 2.24) is 4.31 Å². The van der Waals surface area contributed by atoms with Crippen LogP contribution in [-0.4, -0.2) is 31.2 Å². The van der Waals surface area contributed by atoms with E-state index in [9.17, 15) is 22.9 Å². The van der Waals surface area contributed by atoms with Crippen LogP contribution in [0.5, 0.6) is 0 Å². The van der Waals surface area contributed by atoms with Crippen molar-refractivity contribution in [3.05, 3.63) is 28.1 Å². The summed E-state index contributed by atoms with van der Waals surface area (Å²) in [6.07, 6.45) is 0. The Morgan fingerprint density at radius 1 is 1.48 bits per heavy atom. The third-order valence-corrected chi connectivity index (χ3v) is 4.59. The van der Waals surface area contributed by atoms with Gasteiger partial charge in [-0.3, -0.25) is 16.0 Å². The lowest BCUT2D eigenvalue weighted by atomic mass is 10.2. The number of nitrogens with two attached hydrogens (primary N) is 1. The van der Waals surface area contributed by atoms with Gasteiger partial charge in [0.1, 0.15) is 4.90 Å². The van der Waals surface area contributed by atoms with Crippen molar-refractivity contribution in [3.63, 3.8) is 0 Å². The fraction of sp³-hybridized carbons (Fsp3) is 0.455. The molecule has 0 aromatic heterocycles. The zero-order valence-electron chi connectivity index (χ0n) is 11.8. The van der Waals surface area contributed by atoms with Gasteiger partial charge in [0.25, 0.3) is 5.69 Å². The molecular weight excluding hydrogens is 303 g/mol. The van der Waals surface area contributed by atoms with E-state index in [0.29, 0.717) is 6.07 Å². The number of nitrogens with one attached hydrogen (secondary N) is 1. The van der Waals surface area contributed by atoms with Crippen molar-refractivity contribution < 1.29 is 17.7 Å². The molecule has 0 amide bonds. The van der Waals surface area contributed by atoms with Gasteiger partial charge in [-0.15, -0.1) is 0 Å². The fourth-order valence-corrected chi connectivity index (χ4v) is 3.33. The summed E-state index contributed by atoms with van der Waals surface area (Å²) in [5, 5.41) is 10.7.